The number of fused-ring (bicyclic) bond motifs is 2. The number of amides is 1. The molecule has 3 aromatic rings. The summed E-state index contributed by atoms with van der Waals surface area (Å²) >= 11 is 0. The Labute approximate surface area is 151 Å². The predicted octanol–water partition coefficient (Wildman–Crippen LogP) is 1.23. The molecule has 1 aliphatic rings. The van der Waals surface area contributed by atoms with Crippen LogP contribution in [0.2, 0.25) is 0 Å². The molecule has 0 radical (unpaired) electrons. The molecule has 0 aliphatic carbocycles. The molecule has 0 bridgehead atoms. The van der Waals surface area contributed by atoms with Gasteiger partial charge in [0.05, 0.1) is 29.7 Å². The number of carbonyl (C=O) groups is 1. The van der Waals surface area contributed by atoms with Crippen LogP contribution < -0.4 is 10.6 Å². The van der Waals surface area contributed by atoms with Gasteiger partial charge in [0.25, 0.3) is 0 Å². The third-order valence-corrected chi connectivity index (χ3v) is 4.68. The van der Waals surface area contributed by atoms with E-state index in [0.717, 1.165) is 37.4 Å². The first-order valence-electron chi connectivity index (χ1n) is 9.08. The van der Waals surface area contributed by atoms with Crippen molar-refractivity contribution in [2.45, 2.75) is 45.3 Å². The zero-order chi connectivity index (χ0) is 17.9. The van der Waals surface area contributed by atoms with E-state index in [9.17, 15) is 4.79 Å². The molecule has 136 valence electrons. The van der Waals surface area contributed by atoms with Crippen LogP contribution >= 0.6 is 0 Å². The summed E-state index contributed by atoms with van der Waals surface area (Å²) < 4.78 is 3.90. The number of carbonyl (C=O) groups excluding carboxylic acids is 1. The van der Waals surface area contributed by atoms with E-state index in [1.54, 1.807) is 6.20 Å². The summed E-state index contributed by atoms with van der Waals surface area (Å²) in [7, 11) is 0. The molecule has 3 aromatic heterocycles. The van der Waals surface area contributed by atoms with E-state index in [-0.39, 0.29) is 11.9 Å². The summed E-state index contributed by atoms with van der Waals surface area (Å²) in [6.07, 6.45) is 7.39. The van der Waals surface area contributed by atoms with Crippen LogP contribution in [0.4, 0.5) is 0 Å². The van der Waals surface area contributed by atoms with Gasteiger partial charge in [0, 0.05) is 44.5 Å². The Morgan fingerprint density at radius 1 is 1.46 bits per heavy atom. The highest BCUT2D eigenvalue weighted by Crippen LogP contribution is 2.16. The zero-order valence-corrected chi connectivity index (χ0v) is 14.9. The number of hydrogen-bond donors (Lipinski definition) is 2. The van der Waals surface area contributed by atoms with E-state index in [1.807, 2.05) is 34.5 Å². The average molecular weight is 353 g/mol. The minimum atomic E-state index is -0.108. The summed E-state index contributed by atoms with van der Waals surface area (Å²) in [6.45, 7) is 4.72. The molecule has 0 spiro atoms. The van der Waals surface area contributed by atoms with Crippen LogP contribution in [0, 0.1) is 0 Å². The molecule has 0 fully saturated rings. The lowest BCUT2D eigenvalue weighted by atomic mass is 10.1. The molecule has 1 aliphatic heterocycles. The first kappa shape index (κ1) is 16.7. The Kier molecular flexibility index (Phi) is 4.66. The average Bonchev–Trinajstić information content (AvgIpc) is 3.27. The SMILES string of the molecule is CC[C@@H](NC(=O)CCc1cc2n(n1)CCNC2)c1cn2cccnc2n1. The normalized spacial score (nSPS) is 15.0. The van der Waals surface area contributed by atoms with Crippen LogP contribution in [0.15, 0.2) is 30.7 Å². The Balaban J connectivity index is 1.37. The highest BCUT2D eigenvalue weighted by Gasteiger charge is 2.17. The quantitative estimate of drug-likeness (QED) is 0.696. The van der Waals surface area contributed by atoms with Crippen molar-refractivity contribution in [3.8, 4) is 0 Å². The van der Waals surface area contributed by atoms with Crippen molar-refractivity contribution in [2.24, 2.45) is 0 Å². The number of nitrogens with zero attached hydrogens (tertiary/aromatic N) is 5. The van der Waals surface area contributed by atoms with Gasteiger partial charge in [-0.1, -0.05) is 6.92 Å². The molecule has 1 amide bonds. The topological polar surface area (TPSA) is 89.1 Å². The lowest BCUT2D eigenvalue weighted by Gasteiger charge is -2.14. The Morgan fingerprint density at radius 2 is 2.38 bits per heavy atom. The monoisotopic (exact) mass is 353 g/mol. The number of imidazole rings is 1. The van der Waals surface area contributed by atoms with Gasteiger partial charge in [-0.15, -0.1) is 0 Å². The van der Waals surface area contributed by atoms with Gasteiger partial charge in [-0.05, 0) is 18.6 Å². The van der Waals surface area contributed by atoms with Gasteiger partial charge in [-0.2, -0.15) is 5.10 Å². The lowest BCUT2D eigenvalue weighted by molar-refractivity contribution is -0.121. The third kappa shape index (κ3) is 3.45. The van der Waals surface area contributed by atoms with Gasteiger partial charge in [-0.3, -0.25) is 13.9 Å². The fourth-order valence-electron chi connectivity index (χ4n) is 3.28. The number of rotatable bonds is 6. The van der Waals surface area contributed by atoms with Crippen molar-refractivity contribution < 1.29 is 4.79 Å². The maximum absolute atomic E-state index is 12.4. The summed E-state index contributed by atoms with van der Waals surface area (Å²) in [4.78, 5) is 21.2. The van der Waals surface area contributed by atoms with E-state index in [1.165, 1.54) is 5.69 Å². The van der Waals surface area contributed by atoms with Crippen LogP contribution in [0.25, 0.3) is 5.78 Å². The summed E-state index contributed by atoms with van der Waals surface area (Å²) in [6, 6.07) is 3.84. The van der Waals surface area contributed by atoms with Gasteiger partial charge >= 0.3 is 0 Å². The molecule has 0 unspecified atom stereocenters. The number of hydrogen-bond acceptors (Lipinski definition) is 5. The second-order valence-electron chi connectivity index (χ2n) is 6.55. The Bertz CT molecular complexity index is 857. The van der Waals surface area contributed by atoms with Gasteiger partial charge in [0.1, 0.15) is 0 Å². The standard InChI is InChI=1S/C18H23N7O/c1-2-15(16-12-24-8-3-6-20-18(24)22-16)21-17(26)5-4-13-10-14-11-19-7-9-25(14)23-13/h3,6,8,10,12,15,19H,2,4-5,7,9,11H2,1H3,(H,21,26)/t15-/m1/s1. The van der Waals surface area contributed by atoms with E-state index in [4.69, 9.17) is 0 Å². The fraction of sp³-hybridized carbons (Fsp3) is 0.444. The summed E-state index contributed by atoms with van der Waals surface area (Å²) in [5.74, 6) is 0.665. The second kappa shape index (κ2) is 7.25. The number of nitrogens with one attached hydrogen (secondary N) is 2. The fourth-order valence-corrected chi connectivity index (χ4v) is 3.28. The first-order chi connectivity index (χ1) is 12.7. The summed E-state index contributed by atoms with van der Waals surface area (Å²) in [5.41, 5.74) is 3.00. The molecular weight excluding hydrogens is 330 g/mol. The van der Waals surface area contributed by atoms with Crippen molar-refractivity contribution in [1.29, 1.82) is 0 Å². The molecule has 0 aromatic carbocycles. The van der Waals surface area contributed by atoms with Crippen LogP contribution in [0.1, 0.15) is 42.9 Å². The van der Waals surface area contributed by atoms with Gasteiger partial charge in [-0.25, -0.2) is 9.97 Å². The van der Waals surface area contributed by atoms with Crippen LogP contribution in [-0.4, -0.2) is 36.6 Å². The second-order valence-corrected chi connectivity index (χ2v) is 6.55. The van der Waals surface area contributed by atoms with Crippen molar-refractivity contribution in [2.75, 3.05) is 6.54 Å². The van der Waals surface area contributed by atoms with Crippen LogP contribution in [-0.2, 0) is 24.3 Å². The molecule has 4 rings (SSSR count). The number of aromatic nitrogens is 5. The molecule has 26 heavy (non-hydrogen) atoms. The van der Waals surface area contributed by atoms with E-state index in [2.05, 4.69) is 31.8 Å². The predicted molar refractivity (Wildman–Crippen MR) is 96.4 cm³/mol. The highest BCUT2D eigenvalue weighted by molar-refractivity contribution is 5.76. The maximum atomic E-state index is 12.4. The molecule has 4 heterocycles. The van der Waals surface area contributed by atoms with Gasteiger partial charge in [0.2, 0.25) is 11.7 Å². The van der Waals surface area contributed by atoms with E-state index < -0.39 is 0 Å². The van der Waals surface area contributed by atoms with Crippen LogP contribution in [0.5, 0.6) is 0 Å². The van der Waals surface area contributed by atoms with Crippen molar-refractivity contribution >= 4 is 11.7 Å². The van der Waals surface area contributed by atoms with Crippen LogP contribution in [0.3, 0.4) is 0 Å². The molecule has 8 heteroatoms. The van der Waals surface area contributed by atoms with Gasteiger partial charge < -0.3 is 10.6 Å². The Hall–Kier alpha value is -2.74. The highest BCUT2D eigenvalue weighted by atomic mass is 16.1. The molecule has 0 saturated heterocycles. The lowest BCUT2D eigenvalue weighted by Crippen LogP contribution is -2.28. The Morgan fingerprint density at radius 3 is 3.19 bits per heavy atom. The van der Waals surface area contributed by atoms with Gasteiger partial charge in [0.15, 0.2) is 0 Å². The van der Waals surface area contributed by atoms with E-state index in [0.29, 0.717) is 18.6 Å². The third-order valence-electron chi connectivity index (χ3n) is 4.68. The molecule has 8 nitrogen and oxygen atoms in total. The minimum Gasteiger partial charge on any atom is -0.348 e. The molecular formula is C18H23N7O. The smallest absolute Gasteiger partial charge is 0.233 e. The molecule has 0 saturated carbocycles. The first-order valence-corrected chi connectivity index (χ1v) is 9.08. The van der Waals surface area contributed by atoms with Crippen molar-refractivity contribution in [3.63, 3.8) is 0 Å². The summed E-state index contributed by atoms with van der Waals surface area (Å²) in [5, 5.41) is 11.0. The van der Waals surface area contributed by atoms with Crippen molar-refractivity contribution in [1.82, 2.24) is 34.8 Å². The zero-order valence-electron chi connectivity index (χ0n) is 14.9. The number of aryl methyl sites for hydroxylation is 1. The largest absolute Gasteiger partial charge is 0.348 e. The molecule has 1 atom stereocenters. The van der Waals surface area contributed by atoms with E-state index >= 15 is 0 Å². The molecule has 2 N–H and O–H groups in total. The van der Waals surface area contributed by atoms with Crippen molar-refractivity contribution in [3.05, 3.63) is 47.8 Å². The minimum absolute atomic E-state index is 0.0194. The maximum Gasteiger partial charge on any atom is 0.233 e.